The molecule has 0 saturated carbocycles. The molecule has 0 radical (unpaired) electrons. The second-order valence-electron chi connectivity index (χ2n) is 8.29. The number of fused-ring (bicyclic) bond motifs is 3. The third kappa shape index (κ3) is 3.05. The minimum Gasteiger partial charge on any atom is -0.361 e. The average Bonchev–Trinajstić information content (AvgIpc) is 3.40. The number of benzene rings is 1. The summed E-state index contributed by atoms with van der Waals surface area (Å²) < 4.78 is 7.39. The van der Waals surface area contributed by atoms with Gasteiger partial charge in [-0.05, 0) is 26.7 Å². The molecule has 1 aromatic carbocycles. The van der Waals surface area contributed by atoms with Crippen molar-refractivity contribution in [2.24, 2.45) is 0 Å². The van der Waals surface area contributed by atoms with Crippen LogP contribution in [0.25, 0.3) is 11.4 Å². The normalized spacial score (nSPS) is 19.8. The molecule has 2 aromatic heterocycles. The van der Waals surface area contributed by atoms with Crippen LogP contribution < -0.4 is 5.32 Å². The summed E-state index contributed by atoms with van der Waals surface area (Å²) in [6, 6.07) is 9.93. The molecule has 2 aliphatic heterocycles. The highest BCUT2D eigenvalue weighted by atomic mass is 16.5. The molecule has 3 aromatic rings. The zero-order valence-corrected chi connectivity index (χ0v) is 17.9. The van der Waals surface area contributed by atoms with Crippen molar-refractivity contribution < 1.29 is 14.1 Å². The number of aryl methyl sites for hydroxylation is 2. The molecule has 5 rings (SSSR count). The minimum absolute atomic E-state index is 0.0104. The van der Waals surface area contributed by atoms with E-state index in [0.717, 1.165) is 29.9 Å². The van der Waals surface area contributed by atoms with Crippen molar-refractivity contribution in [3.05, 3.63) is 58.7 Å². The second-order valence-corrected chi connectivity index (χ2v) is 8.29. The van der Waals surface area contributed by atoms with Crippen molar-refractivity contribution in [1.29, 1.82) is 0 Å². The monoisotopic (exact) mass is 419 g/mol. The maximum Gasteiger partial charge on any atom is 0.271 e. The Labute approximate surface area is 180 Å². The first kappa shape index (κ1) is 19.5. The van der Waals surface area contributed by atoms with E-state index in [1.807, 2.05) is 35.2 Å². The summed E-state index contributed by atoms with van der Waals surface area (Å²) in [5, 5.41) is 6.68. The van der Waals surface area contributed by atoms with Crippen LogP contribution in [0.3, 0.4) is 0 Å². The van der Waals surface area contributed by atoms with Crippen LogP contribution in [0.5, 0.6) is 0 Å². The number of hydrogen-bond acceptors (Lipinski definition) is 5. The Morgan fingerprint density at radius 2 is 1.87 bits per heavy atom. The van der Waals surface area contributed by atoms with Crippen LogP contribution in [0.4, 0.5) is 0 Å². The van der Waals surface area contributed by atoms with Gasteiger partial charge < -0.3 is 19.3 Å². The van der Waals surface area contributed by atoms with Gasteiger partial charge in [-0.25, -0.2) is 4.98 Å². The number of hydrogen-bond donors (Lipinski definition) is 1. The molecule has 160 valence electrons. The number of imidazole rings is 1. The SMILES string of the molecule is CNC(=O)c1nc(-c2ccccc2)n2c1C[C@@H]1CC[C@H](C2)N1C(=O)c1c(C)noc1C. The summed E-state index contributed by atoms with van der Waals surface area (Å²) in [4.78, 5) is 32.9. The maximum atomic E-state index is 13.5. The quantitative estimate of drug-likeness (QED) is 0.705. The van der Waals surface area contributed by atoms with Crippen LogP contribution >= 0.6 is 0 Å². The van der Waals surface area contributed by atoms with Gasteiger partial charge in [0.05, 0.1) is 17.4 Å². The van der Waals surface area contributed by atoms with Gasteiger partial charge in [-0.1, -0.05) is 35.5 Å². The van der Waals surface area contributed by atoms with Crippen molar-refractivity contribution in [2.45, 2.75) is 51.7 Å². The molecule has 1 N–H and O–H groups in total. The molecular weight excluding hydrogens is 394 g/mol. The first-order valence-corrected chi connectivity index (χ1v) is 10.6. The molecule has 0 aliphatic carbocycles. The second kappa shape index (κ2) is 7.37. The summed E-state index contributed by atoms with van der Waals surface area (Å²) in [5.41, 5.74) is 3.46. The fourth-order valence-corrected chi connectivity index (χ4v) is 5.02. The molecule has 31 heavy (non-hydrogen) atoms. The predicted octanol–water partition coefficient (Wildman–Crippen LogP) is 2.74. The topological polar surface area (TPSA) is 93.3 Å². The summed E-state index contributed by atoms with van der Waals surface area (Å²) in [6.45, 7) is 4.18. The molecule has 4 heterocycles. The number of carbonyl (C=O) groups excluding carboxylic acids is 2. The third-order valence-electron chi connectivity index (χ3n) is 6.47. The van der Waals surface area contributed by atoms with E-state index >= 15 is 0 Å². The van der Waals surface area contributed by atoms with E-state index in [1.54, 1.807) is 20.9 Å². The summed E-state index contributed by atoms with van der Waals surface area (Å²) in [5.74, 6) is 1.08. The molecule has 1 saturated heterocycles. The van der Waals surface area contributed by atoms with Gasteiger partial charge in [-0.3, -0.25) is 9.59 Å². The van der Waals surface area contributed by atoms with Crippen molar-refractivity contribution in [1.82, 2.24) is 24.9 Å². The minimum atomic E-state index is -0.202. The van der Waals surface area contributed by atoms with Crippen LogP contribution in [0.1, 0.15) is 50.8 Å². The zero-order valence-electron chi connectivity index (χ0n) is 17.9. The number of rotatable bonds is 3. The molecule has 2 amide bonds. The Morgan fingerprint density at radius 3 is 2.55 bits per heavy atom. The van der Waals surface area contributed by atoms with E-state index < -0.39 is 0 Å². The third-order valence-corrected chi connectivity index (χ3v) is 6.47. The largest absolute Gasteiger partial charge is 0.361 e. The lowest BCUT2D eigenvalue weighted by molar-refractivity contribution is 0.0663. The van der Waals surface area contributed by atoms with E-state index in [4.69, 9.17) is 9.51 Å². The van der Waals surface area contributed by atoms with Gasteiger partial charge in [0.2, 0.25) is 0 Å². The van der Waals surface area contributed by atoms with E-state index in [1.165, 1.54) is 0 Å². The molecule has 8 nitrogen and oxygen atoms in total. The van der Waals surface area contributed by atoms with Crippen molar-refractivity contribution >= 4 is 11.8 Å². The Balaban J connectivity index is 1.59. The lowest BCUT2D eigenvalue weighted by Crippen LogP contribution is -2.42. The first-order valence-electron chi connectivity index (χ1n) is 10.6. The number of nitrogens with one attached hydrogen (secondary N) is 1. The highest BCUT2D eigenvalue weighted by molar-refractivity contribution is 5.97. The van der Waals surface area contributed by atoms with E-state index in [2.05, 4.69) is 15.0 Å². The molecule has 2 bridgehead atoms. The number of amides is 2. The molecule has 1 fully saturated rings. The van der Waals surface area contributed by atoms with Gasteiger partial charge in [-0.15, -0.1) is 0 Å². The van der Waals surface area contributed by atoms with E-state index in [9.17, 15) is 9.59 Å². The fourth-order valence-electron chi connectivity index (χ4n) is 5.02. The Hall–Kier alpha value is -3.42. The summed E-state index contributed by atoms with van der Waals surface area (Å²) in [6.07, 6.45) is 2.41. The standard InChI is InChI=1S/C23H25N5O3/c1-13-19(14(2)31-26-13)23(30)28-16-9-10-17(28)12-27-18(11-16)20(22(29)24-3)25-21(27)15-7-5-4-6-8-15/h4-8,16-17H,9-12H2,1-3H3,(H,24,29)/t16-,17+/m0/s1. The Morgan fingerprint density at radius 1 is 1.13 bits per heavy atom. The van der Waals surface area contributed by atoms with Crippen LogP contribution in [0, 0.1) is 13.8 Å². The van der Waals surface area contributed by atoms with E-state index in [-0.39, 0.29) is 23.9 Å². The molecular formula is C23H25N5O3. The summed E-state index contributed by atoms with van der Waals surface area (Å²) in [7, 11) is 1.62. The Kier molecular flexibility index (Phi) is 4.64. The van der Waals surface area contributed by atoms with Crippen molar-refractivity contribution in [2.75, 3.05) is 7.05 Å². The van der Waals surface area contributed by atoms with Gasteiger partial charge >= 0.3 is 0 Å². The van der Waals surface area contributed by atoms with Crippen LogP contribution in [0.2, 0.25) is 0 Å². The lowest BCUT2D eigenvalue weighted by Gasteiger charge is -2.28. The molecule has 8 heteroatoms. The maximum absolute atomic E-state index is 13.5. The number of nitrogens with zero attached hydrogens (tertiary/aromatic N) is 4. The zero-order chi connectivity index (χ0) is 21.7. The van der Waals surface area contributed by atoms with Crippen LogP contribution in [-0.4, -0.2) is 50.6 Å². The molecule has 2 atom stereocenters. The van der Waals surface area contributed by atoms with Gasteiger partial charge in [0.15, 0.2) is 0 Å². The molecule has 0 unspecified atom stereocenters. The van der Waals surface area contributed by atoms with Crippen LogP contribution in [0.15, 0.2) is 34.9 Å². The van der Waals surface area contributed by atoms with Crippen molar-refractivity contribution in [3.63, 3.8) is 0 Å². The average molecular weight is 419 g/mol. The van der Waals surface area contributed by atoms with Crippen molar-refractivity contribution in [3.8, 4) is 11.4 Å². The van der Waals surface area contributed by atoms with Gasteiger partial charge in [0.1, 0.15) is 22.8 Å². The number of aromatic nitrogens is 3. The van der Waals surface area contributed by atoms with Crippen LogP contribution in [-0.2, 0) is 13.0 Å². The fraction of sp³-hybridized carbons (Fsp3) is 0.391. The smallest absolute Gasteiger partial charge is 0.271 e. The molecule has 0 spiro atoms. The first-order chi connectivity index (χ1) is 15.0. The highest BCUT2D eigenvalue weighted by Crippen LogP contribution is 2.37. The lowest BCUT2D eigenvalue weighted by atomic mass is 10.0. The van der Waals surface area contributed by atoms with Gasteiger partial charge in [0, 0.05) is 31.6 Å². The predicted molar refractivity (Wildman–Crippen MR) is 114 cm³/mol. The van der Waals surface area contributed by atoms with E-state index in [0.29, 0.717) is 35.7 Å². The van der Waals surface area contributed by atoms with Gasteiger partial charge in [-0.2, -0.15) is 0 Å². The Bertz CT molecular complexity index is 1140. The van der Waals surface area contributed by atoms with Gasteiger partial charge in [0.25, 0.3) is 11.8 Å². The molecule has 2 aliphatic rings. The summed E-state index contributed by atoms with van der Waals surface area (Å²) >= 11 is 0. The highest BCUT2D eigenvalue weighted by Gasteiger charge is 2.43. The number of carbonyl (C=O) groups is 2.